The zero-order valence-corrected chi connectivity index (χ0v) is 9.87. The summed E-state index contributed by atoms with van der Waals surface area (Å²) in [6.45, 7) is 5.17. The van der Waals surface area contributed by atoms with Gasteiger partial charge in [-0.25, -0.2) is 4.39 Å². The fraction of sp³-hybridized carbons (Fsp3) is 0.455. The molecule has 0 amide bonds. The Morgan fingerprint density at radius 2 is 2.12 bits per heavy atom. The van der Waals surface area contributed by atoms with Gasteiger partial charge in [-0.1, -0.05) is 13.8 Å². The maximum Gasteiger partial charge on any atom is 0.292 e. The Kier molecular flexibility index (Phi) is 4.84. The first-order chi connectivity index (χ1) is 8.00. The van der Waals surface area contributed by atoms with Gasteiger partial charge in [0, 0.05) is 31.3 Å². The van der Waals surface area contributed by atoms with E-state index in [0.29, 0.717) is 19.1 Å². The number of hydrogen-bond donors (Lipinski definition) is 2. The lowest BCUT2D eigenvalue weighted by Gasteiger charge is -2.10. The second-order valence-corrected chi connectivity index (χ2v) is 3.95. The van der Waals surface area contributed by atoms with Gasteiger partial charge in [-0.15, -0.1) is 0 Å². The van der Waals surface area contributed by atoms with Gasteiger partial charge in [0.05, 0.1) is 4.92 Å². The van der Waals surface area contributed by atoms with Gasteiger partial charge >= 0.3 is 0 Å². The van der Waals surface area contributed by atoms with Gasteiger partial charge in [0.25, 0.3) is 5.69 Å². The van der Waals surface area contributed by atoms with Gasteiger partial charge < -0.3 is 10.6 Å². The molecule has 0 saturated carbocycles. The molecule has 0 aliphatic heterocycles. The van der Waals surface area contributed by atoms with E-state index in [2.05, 4.69) is 10.6 Å². The predicted octanol–water partition coefficient (Wildman–Crippen LogP) is 2.14. The van der Waals surface area contributed by atoms with E-state index in [0.717, 1.165) is 18.2 Å². The van der Waals surface area contributed by atoms with Crippen molar-refractivity contribution in [3.8, 4) is 0 Å². The standard InChI is InChI=1S/C11H16FN3O2/c1-8(2)13-5-6-14-10-7-9(12)3-4-11(10)15(16)17/h3-4,7-8,13-14H,5-6H2,1-2H3. The van der Waals surface area contributed by atoms with Gasteiger partial charge in [0.1, 0.15) is 11.5 Å². The average Bonchev–Trinajstić information content (AvgIpc) is 2.23. The van der Waals surface area contributed by atoms with Crippen molar-refractivity contribution < 1.29 is 9.31 Å². The van der Waals surface area contributed by atoms with Gasteiger partial charge in [-0.05, 0) is 6.07 Å². The minimum absolute atomic E-state index is 0.115. The minimum Gasteiger partial charge on any atom is -0.378 e. The maximum absolute atomic E-state index is 13.0. The lowest BCUT2D eigenvalue weighted by molar-refractivity contribution is -0.384. The predicted molar refractivity (Wildman–Crippen MR) is 64.7 cm³/mol. The number of hydrogen-bond acceptors (Lipinski definition) is 4. The molecule has 0 fully saturated rings. The SMILES string of the molecule is CC(C)NCCNc1cc(F)ccc1[N+](=O)[O-]. The van der Waals surface area contributed by atoms with Gasteiger partial charge in [0.15, 0.2) is 0 Å². The molecule has 0 atom stereocenters. The maximum atomic E-state index is 13.0. The largest absolute Gasteiger partial charge is 0.378 e. The number of benzene rings is 1. The average molecular weight is 241 g/mol. The Labute approximate surface area is 99.2 Å². The van der Waals surface area contributed by atoms with Crippen molar-refractivity contribution in [2.75, 3.05) is 18.4 Å². The molecule has 17 heavy (non-hydrogen) atoms. The smallest absolute Gasteiger partial charge is 0.292 e. The van der Waals surface area contributed by atoms with E-state index in [-0.39, 0.29) is 11.4 Å². The van der Waals surface area contributed by atoms with E-state index >= 15 is 0 Å². The molecule has 1 aromatic rings. The van der Waals surface area contributed by atoms with Crippen LogP contribution in [0.3, 0.4) is 0 Å². The monoisotopic (exact) mass is 241 g/mol. The number of nitrogens with zero attached hydrogens (tertiary/aromatic N) is 1. The van der Waals surface area contributed by atoms with Crippen LogP contribution in [0.2, 0.25) is 0 Å². The first-order valence-corrected chi connectivity index (χ1v) is 5.42. The summed E-state index contributed by atoms with van der Waals surface area (Å²) in [6, 6.07) is 3.72. The highest BCUT2D eigenvalue weighted by molar-refractivity contribution is 5.61. The minimum atomic E-state index is -0.530. The van der Waals surface area contributed by atoms with Crippen molar-refractivity contribution in [2.45, 2.75) is 19.9 Å². The van der Waals surface area contributed by atoms with Gasteiger partial charge in [-0.3, -0.25) is 10.1 Å². The van der Waals surface area contributed by atoms with E-state index in [4.69, 9.17) is 0 Å². The highest BCUT2D eigenvalue weighted by atomic mass is 19.1. The van der Waals surface area contributed by atoms with Crippen LogP contribution < -0.4 is 10.6 Å². The number of nitro groups is 1. The van der Waals surface area contributed by atoms with Crippen LogP contribution in [0.15, 0.2) is 18.2 Å². The molecule has 0 bridgehead atoms. The third kappa shape index (κ3) is 4.36. The highest BCUT2D eigenvalue weighted by Crippen LogP contribution is 2.24. The van der Waals surface area contributed by atoms with E-state index in [1.807, 2.05) is 13.8 Å². The molecule has 0 aliphatic rings. The third-order valence-electron chi connectivity index (χ3n) is 2.15. The summed E-state index contributed by atoms with van der Waals surface area (Å²) in [5.41, 5.74) is 0.0940. The summed E-state index contributed by atoms with van der Waals surface area (Å²) in [7, 11) is 0. The molecule has 1 rings (SSSR count). The molecule has 0 radical (unpaired) electrons. The fourth-order valence-corrected chi connectivity index (χ4v) is 1.37. The lowest BCUT2D eigenvalue weighted by atomic mass is 10.2. The second-order valence-electron chi connectivity index (χ2n) is 3.95. The Morgan fingerprint density at radius 3 is 2.71 bits per heavy atom. The number of nitro benzene ring substituents is 1. The van der Waals surface area contributed by atoms with Crippen LogP contribution in [-0.4, -0.2) is 24.1 Å². The summed E-state index contributed by atoms with van der Waals surface area (Å²) in [4.78, 5) is 10.2. The number of anilines is 1. The van der Waals surface area contributed by atoms with Crippen LogP contribution in [0.25, 0.3) is 0 Å². The Balaban J connectivity index is 2.62. The molecular weight excluding hydrogens is 225 g/mol. The first-order valence-electron chi connectivity index (χ1n) is 5.42. The van der Waals surface area contributed by atoms with E-state index in [1.54, 1.807) is 0 Å². The quantitative estimate of drug-likeness (QED) is 0.455. The molecular formula is C11H16FN3O2. The van der Waals surface area contributed by atoms with Crippen LogP contribution in [0, 0.1) is 15.9 Å². The van der Waals surface area contributed by atoms with E-state index < -0.39 is 10.7 Å². The zero-order chi connectivity index (χ0) is 12.8. The molecule has 1 aromatic carbocycles. The van der Waals surface area contributed by atoms with E-state index in [1.165, 1.54) is 0 Å². The van der Waals surface area contributed by atoms with Crippen LogP contribution in [-0.2, 0) is 0 Å². The Hall–Kier alpha value is -1.69. The molecule has 0 spiro atoms. The molecule has 6 heteroatoms. The van der Waals surface area contributed by atoms with Crippen molar-refractivity contribution in [3.05, 3.63) is 34.1 Å². The topological polar surface area (TPSA) is 67.2 Å². The molecule has 0 aromatic heterocycles. The van der Waals surface area contributed by atoms with Crippen molar-refractivity contribution in [1.29, 1.82) is 0 Å². The van der Waals surface area contributed by atoms with Crippen molar-refractivity contribution in [2.24, 2.45) is 0 Å². The first kappa shape index (κ1) is 13.4. The van der Waals surface area contributed by atoms with Crippen LogP contribution in [0.4, 0.5) is 15.8 Å². The summed E-state index contributed by atoms with van der Waals surface area (Å²) in [6.07, 6.45) is 0. The van der Waals surface area contributed by atoms with Crippen LogP contribution in [0.5, 0.6) is 0 Å². The van der Waals surface area contributed by atoms with Gasteiger partial charge in [0.2, 0.25) is 0 Å². The molecule has 0 heterocycles. The van der Waals surface area contributed by atoms with Crippen LogP contribution >= 0.6 is 0 Å². The van der Waals surface area contributed by atoms with Crippen LogP contribution in [0.1, 0.15) is 13.8 Å². The Bertz CT molecular complexity index is 396. The number of rotatable bonds is 6. The van der Waals surface area contributed by atoms with E-state index in [9.17, 15) is 14.5 Å². The number of nitrogens with one attached hydrogen (secondary N) is 2. The van der Waals surface area contributed by atoms with Gasteiger partial charge in [-0.2, -0.15) is 0 Å². The molecule has 0 aliphatic carbocycles. The summed E-state index contributed by atoms with van der Waals surface area (Å²) in [5.74, 6) is -0.491. The molecule has 2 N–H and O–H groups in total. The summed E-state index contributed by atoms with van der Waals surface area (Å²) in [5, 5.41) is 16.7. The molecule has 5 nitrogen and oxygen atoms in total. The third-order valence-corrected chi connectivity index (χ3v) is 2.15. The molecule has 0 unspecified atom stereocenters. The zero-order valence-electron chi connectivity index (χ0n) is 9.87. The number of halogens is 1. The summed E-state index contributed by atoms with van der Waals surface area (Å²) < 4.78 is 13.0. The molecule has 0 saturated heterocycles. The molecule has 94 valence electrons. The highest BCUT2D eigenvalue weighted by Gasteiger charge is 2.13. The van der Waals surface area contributed by atoms with Crippen molar-refractivity contribution in [1.82, 2.24) is 5.32 Å². The van der Waals surface area contributed by atoms with Crippen molar-refractivity contribution in [3.63, 3.8) is 0 Å². The normalized spacial score (nSPS) is 10.6. The van der Waals surface area contributed by atoms with Crippen molar-refractivity contribution >= 4 is 11.4 Å². The second kappa shape index (κ2) is 6.15. The summed E-state index contributed by atoms with van der Waals surface area (Å²) >= 11 is 0. The lowest BCUT2D eigenvalue weighted by Crippen LogP contribution is -2.28. The Morgan fingerprint density at radius 1 is 1.41 bits per heavy atom. The fourth-order valence-electron chi connectivity index (χ4n) is 1.37.